The summed E-state index contributed by atoms with van der Waals surface area (Å²) < 4.78 is 37.7. The van der Waals surface area contributed by atoms with Gasteiger partial charge in [-0.05, 0) is 29.8 Å². The van der Waals surface area contributed by atoms with E-state index in [1.165, 1.54) is 31.2 Å². The fourth-order valence-corrected chi connectivity index (χ4v) is 2.00. The minimum absolute atomic E-state index is 0.330. The number of amides is 1. The lowest BCUT2D eigenvalue weighted by Crippen LogP contribution is -2.07. The molecule has 0 saturated carbocycles. The van der Waals surface area contributed by atoms with Crippen LogP contribution in [-0.2, 0) is 11.0 Å². The number of anilines is 1. The Kier molecular flexibility index (Phi) is 4.18. The molecule has 0 aliphatic heterocycles. The number of rotatable bonds is 2. The summed E-state index contributed by atoms with van der Waals surface area (Å²) in [7, 11) is 0. The summed E-state index contributed by atoms with van der Waals surface area (Å²) in [6.45, 7) is 1.32. The summed E-state index contributed by atoms with van der Waals surface area (Å²) >= 11 is 0. The SMILES string of the molecule is CC(=O)Nc1cc(C#N)ccc1-c1ccc(C(F)(F)F)cc1. The second-order valence-electron chi connectivity index (χ2n) is 4.63. The lowest BCUT2D eigenvalue weighted by atomic mass is 10.00. The minimum Gasteiger partial charge on any atom is -0.326 e. The van der Waals surface area contributed by atoms with Crippen molar-refractivity contribution >= 4 is 11.6 Å². The zero-order valence-corrected chi connectivity index (χ0v) is 11.5. The molecule has 0 spiro atoms. The van der Waals surface area contributed by atoms with Crippen LogP contribution in [0.1, 0.15) is 18.1 Å². The predicted molar refractivity (Wildman–Crippen MR) is 75.9 cm³/mol. The van der Waals surface area contributed by atoms with E-state index in [0.717, 1.165) is 12.1 Å². The maximum atomic E-state index is 12.6. The third-order valence-corrected chi connectivity index (χ3v) is 2.98. The van der Waals surface area contributed by atoms with E-state index in [-0.39, 0.29) is 5.91 Å². The van der Waals surface area contributed by atoms with Crippen molar-refractivity contribution in [3.63, 3.8) is 0 Å². The number of nitrogens with one attached hydrogen (secondary N) is 1. The molecule has 0 unspecified atom stereocenters. The topological polar surface area (TPSA) is 52.9 Å². The number of nitriles is 1. The lowest BCUT2D eigenvalue weighted by Gasteiger charge is -2.12. The van der Waals surface area contributed by atoms with Crippen molar-refractivity contribution in [2.24, 2.45) is 0 Å². The van der Waals surface area contributed by atoms with Gasteiger partial charge in [-0.15, -0.1) is 0 Å². The van der Waals surface area contributed by atoms with Crippen LogP contribution in [0.3, 0.4) is 0 Å². The first-order valence-electron chi connectivity index (χ1n) is 6.30. The van der Waals surface area contributed by atoms with Crippen LogP contribution in [0.5, 0.6) is 0 Å². The summed E-state index contributed by atoms with van der Waals surface area (Å²) in [6, 6.07) is 11.2. The molecule has 1 amide bonds. The van der Waals surface area contributed by atoms with Crippen LogP contribution in [0.15, 0.2) is 42.5 Å². The van der Waals surface area contributed by atoms with E-state index in [0.29, 0.717) is 22.4 Å². The Labute approximate surface area is 125 Å². The van der Waals surface area contributed by atoms with Crippen LogP contribution >= 0.6 is 0 Å². The van der Waals surface area contributed by atoms with Gasteiger partial charge in [-0.2, -0.15) is 18.4 Å². The maximum absolute atomic E-state index is 12.6. The monoisotopic (exact) mass is 304 g/mol. The van der Waals surface area contributed by atoms with Crippen LogP contribution in [0.25, 0.3) is 11.1 Å². The largest absolute Gasteiger partial charge is 0.416 e. The summed E-state index contributed by atoms with van der Waals surface area (Å²) in [6.07, 6.45) is -4.40. The fraction of sp³-hybridized carbons (Fsp3) is 0.125. The van der Waals surface area contributed by atoms with Gasteiger partial charge in [-0.1, -0.05) is 18.2 Å². The van der Waals surface area contributed by atoms with Gasteiger partial charge in [0, 0.05) is 18.2 Å². The summed E-state index contributed by atoms with van der Waals surface area (Å²) in [5.74, 6) is -0.330. The Morgan fingerprint density at radius 3 is 2.27 bits per heavy atom. The lowest BCUT2D eigenvalue weighted by molar-refractivity contribution is -0.137. The number of carbonyl (C=O) groups is 1. The van der Waals surface area contributed by atoms with Crippen molar-refractivity contribution in [1.29, 1.82) is 5.26 Å². The normalized spacial score (nSPS) is 10.9. The second-order valence-corrected chi connectivity index (χ2v) is 4.63. The Morgan fingerprint density at radius 1 is 1.14 bits per heavy atom. The number of benzene rings is 2. The average molecular weight is 304 g/mol. The molecule has 0 aromatic heterocycles. The molecule has 3 nitrogen and oxygen atoms in total. The van der Waals surface area contributed by atoms with Gasteiger partial charge in [0.05, 0.1) is 17.2 Å². The summed E-state index contributed by atoms with van der Waals surface area (Å²) in [5.41, 5.74) is 1.04. The van der Waals surface area contributed by atoms with Gasteiger partial charge in [0.25, 0.3) is 0 Å². The quantitative estimate of drug-likeness (QED) is 0.904. The molecule has 0 heterocycles. The van der Waals surface area contributed by atoms with Crippen molar-refractivity contribution in [3.05, 3.63) is 53.6 Å². The highest BCUT2D eigenvalue weighted by Gasteiger charge is 2.30. The summed E-state index contributed by atoms with van der Waals surface area (Å²) in [4.78, 5) is 11.2. The van der Waals surface area contributed by atoms with E-state index in [1.54, 1.807) is 6.07 Å². The van der Waals surface area contributed by atoms with Gasteiger partial charge in [0.1, 0.15) is 0 Å². The molecule has 0 bridgehead atoms. The number of halogens is 3. The van der Waals surface area contributed by atoms with E-state index in [1.807, 2.05) is 6.07 Å². The Bertz CT molecular complexity index is 743. The highest BCUT2D eigenvalue weighted by Crippen LogP contribution is 2.33. The first-order chi connectivity index (χ1) is 10.3. The van der Waals surface area contributed by atoms with Crippen LogP contribution in [-0.4, -0.2) is 5.91 Å². The van der Waals surface area contributed by atoms with Gasteiger partial charge in [-0.3, -0.25) is 4.79 Å². The molecule has 22 heavy (non-hydrogen) atoms. The van der Waals surface area contributed by atoms with E-state index in [4.69, 9.17) is 5.26 Å². The molecular weight excluding hydrogens is 293 g/mol. The molecule has 1 N–H and O–H groups in total. The Balaban J connectivity index is 2.47. The number of alkyl halides is 3. The molecule has 2 aromatic rings. The van der Waals surface area contributed by atoms with Crippen molar-refractivity contribution in [1.82, 2.24) is 0 Å². The van der Waals surface area contributed by atoms with Crippen molar-refractivity contribution < 1.29 is 18.0 Å². The molecule has 0 fully saturated rings. The zero-order chi connectivity index (χ0) is 16.3. The number of nitrogens with zero attached hydrogens (tertiary/aromatic N) is 1. The molecular formula is C16H11F3N2O. The molecule has 6 heteroatoms. The standard InChI is InChI=1S/C16H11F3N2O/c1-10(22)21-15-8-11(9-20)2-7-14(15)12-3-5-13(6-4-12)16(17,18)19/h2-8H,1H3,(H,21,22). The van der Waals surface area contributed by atoms with Gasteiger partial charge in [0.15, 0.2) is 0 Å². The second kappa shape index (κ2) is 5.90. The molecule has 2 aromatic carbocycles. The van der Waals surface area contributed by atoms with Crippen LogP contribution < -0.4 is 5.32 Å². The van der Waals surface area contributed by atoms with Gasteiger partial charge >= 0.3 is 6.18 Å². The van der Waals surface area contributed by atoms with Crippen LogP contribution in [0, 0.1) is 11.3 Å². The molecule has 112 valence electrons. The van der Waals surface area contributed by atoms with E-state index < -0.39 is 11.7 Å². The molecule has 0 aliphatic carbocycles. The Hall–Kier alpha value is -2.81. The van der Waals surface area contributed by atoms with Crippen molar-refractivity contribution in [3.8, 4) is 17.2 Å². The molecule has 0 saturated heterocycles. The third-order valence-electron chi connectivity index (χ3n) is 2.98. The van der Waals surface area contributed by atoms with Crippen LogP contribution in [0.4, 0.5) is 18.9 Å². The highest BCUT2D eigenvalue weighted by atomic mass is 19.4. The van der Waals surface area contributed by atoms with Crippen molar-refractivity contribution in [2.75, 3.05) is 5.32 Å². The van der Waals surface area contributed by atoms with E-state index in [9.17, 15) is 18.0 Å². The third kappa shape index (κ3) is 3.44. The predicted octanol–water partition coefficient (Wildman–Crippen LogP) is 4.20. The minimum atomic E-state index is -4.40. The number of hydrogen-bond donors (Lipinski definition) is 1. The fourth-order valence-electron chi connectivity index (χ4n) is 2.00. The van der Waals surface area contributed by atoms with Gasteiger partial charge < -0.3 is 5.32 Å². The smallest absolute Gasteiger partial charge is 0.326 e. The number of hydrogen-bond acceptors (Lipinski definition) is 2. The first kappa shape index (κ1) is 15.6. The van der Waals surface area contributed by atoms with E-state index in [2.05, 4.69) is 5.32 Å². The van der Waals surface area contributed by atoms with Gasteiger partial charge in [-0.25, -0.2) is 0 Å². The average Bonchev–Trinajstić information content (AvgIpc) is 2.46. The molecule has 0 aliphatic rings. The molecule has 2 rings (SSSR count). The zero-order valence-electron chi connectivity index (χ0n) is 11.5. The molecule has 0 radical (unpaired) electrons. The maximum Gasteiger partial charge on any atom is 0.416 e. The van der Waals surface area contributed by atoms with Gasteiger partial charge in [0.2, 0.25) is 5.91 Å². The Morgan fingerprint density at radius 2 is 1.77 bits per heavy atom. The molecule has 0 atom stereocenters. The first-order valence-corrected chi connectivity index (χ1v) is 6.30. The van der Waals surface area contributed by atoms with E-state index >= 15 is 0 Å². The van der Waals surface area contributed by atoms with Crippen LogP contribution in [0.2, 0.25) is 0 Å². The van der Waals surface area contributed by atoms with Crippen molar-refractivity contribution in [2.45, 2.75) is 13.1 Å². The number of carbonyl (C=O) groups excluding carboxylic acids is 1. The highest BCUT2D eigenvalue weighted by molar-refractivity contribution is 5.94. The summed E-state index contributed by atoms with van der Waals surface area (Å²) in [5, 5.41) is 11.5.